The monoisotopic (exact) mass is 321 g/mol. The average Bonchev–Trinajstić information content (AvgIpc) is 2.77. The Labute approximate surface area is 124 Å². The number of aliphatic hydroxyl groups excluding tert-OH is 1. The van der Waals surface area contributed by atoms with Crippen LogP contribution in [-0.4, -0.2) is 41.8 Å². The van der Waals surface area contributed by atoms with Crippen molar-refractivity contribution in [3.8, 4) is 0 Å². The summed E-state index contributed by atoms with van der Waals surface area (Å²) in [7, 11) is 1.19. The lowest BCUT2D eigenvalue weighted by Gasteiger charge is -2.22. The summed E-state index contributed by atoms with van der Waals surface area (Å²) in [5.74, 6) is -1.58. The molecule has 8 heteroatoms. The number of aliphatic hydroxyl groups is 1. The molecule has 2 atom stereocenters. The lowest BCUT2D eigenvalue weighted by atomic mass is 10.1. The third kappa shape index (κ3) is 3.75. The number of carbonyl (C=O) groups excluding carboxylic acids is 1. The molecule has 1 aliphatic rings. The van der Waals surface area contributed by atoms with Gasteiger partial charge in [-0.2, -0.15) is 13.2 Å². The van der Waals surface area contributed by atoms with Crippen LogP contribution < -0.4 is 0 Å². The van der Waals surface area contributed by atoms with E-state index in [1.165, 1.54) is 12.0 Å². The third-order valence-corrected chi connectivity index (χ3v) is 3.53. The van der Waals surface area contributed by atoms with Crippen LogP contribution in [0.15, 0.2) is 18.2 Å². The van der Waals surface area contributed by atoms with Gasteiger partial charge in [0, 0.05) is 19.5 Å². The van der Waals surface area contributed by atoms with Crippen molar-refractivity contribution in [2.24, 2.45) is 0 Å². The quantitative estimate of drug-likeness (QED) is 0.683. The zero-order chi connectivity index (χ0) is 16.5. The second-order valence-electron chi connectivity index (χ2n) is 5.20. The fourth-order valence-corrected chi connectivity index (χ4v) is 2.58. The number of β-amino-alcohol motifs (C(OH)–C–C–N with tert-alkyl or cyclic N) is 1. The van der Waals surface area contributed by atoms with Crippen LogP contribution in [0.2, 0.25) is 0 Å². The summed E-state index contributed by atoms with van der Waals surface area (Å²) >= 11 is 0. The summed E-state index contributed by atoms with van der Waals surface area (Å²) < 4.78 is 56.0. The Morgan fingerprint density at radius 2 is 2.09 bits per heavy atom. The Morgan fingerprint density at radius 3 is 2.68 bits per heavy atom. The second-order valence-corrected chi connectivity index (χ2v) is 5.20. The van der Waals surface area contributed by atoms with Crippen molar-refractivity contribution in [1.82, 2.24) is 4.90 Å². The van der Waals surface area contributed by atoms with Gasteiger partial charge in [0.2, 0.25) is 0 Å². The van der Waals surface area contributed by atoms with E-state index in [4.69, 9.17) is 0 Å². The minimum atomic E-state index is -4.65. The number of hydrogen-bond acceptors (Lipinski definition) is 4. The van der Waals surface area contributed by atoms with Crippen LogP contribution in [0.1, 0.15) is 17.5 Å². The number of ether oxygens (including phenoxy) is 1. The maximum absolute atomic E-state index is 13.4. The van der Waals surface area contributed by atoms with Gasteiger partial charge in [-0.15, -0.1) is 0 Å². The van der Waals surface area contributed by atoms with Gasteiger partial charge in [-0.25, -0.2) is 4.39 Å². The molecule has 1 N–H and O–H groups in total. The van der Waals surface area contributed by atoms with Gasteiger partial charge in [0.25, 0.3) is 0 Å². The molecule has 122 valence electrons. The molecule has 0 aliphatic carbocycles. The van der Waals surface area contributed by atoms with E-state index in [1.54, 1.807) is 0 Å². The van der Waals surface area contributed by atoms with E-state index in [0.717, 1.165) is 12.1 Å². The lowest BCUT2D eigenvalue weighted by molar-refractivity contribution is -0.146. The SMILES string of the molecule is COC(=O)[C@@H]1C[C@@H](O)CN1Cc1cc(F)cc(C(F)(F)F)c1. The van der Waals surface area contributed by atoms with E-state index in [0.29, 0.717) is 6.07 Å². The number of likely N-dealkylation sites (tertiary alicyclic amines) is 1. The Bertz CT molecular complexity index is 562. The molecule has 0 saturated carbocycles. The number of rotatable bonds is 3. The van der Waals surface area contributed by atoms with Gasteiger partial charge < -0.3 is 9.84 Å². The molecule has 1 aromatic carbocycles. The molecule has 2 rings (SSSR count). The van der Waals surface area contributed by atoms with Crippen LogP contribution in [0, 0.1) is 5.82 Å². The van der Waals surface area contributed by atoms with Crippen molar-refractivity contribution < 1.29 is 32.2 Å². The molecule has 0 bridgehead atoms. The average molecular weight is 321 g/mol. The predicted molar refractivity (Wildman–Crippen MR) is 68.2 cm³/mol. The van der Waals surface area contributed by atoms with Gasteiger partial charge in [-0.3, -0.25) is 9.69 Å². The van der Waals surface area contributed by atoms with Crippen LogP contribution in [-0.2, 0) is 22.3 Å². The largest absolute Gasteiger partial charge is 0.468 e. The molecule has 1 fully saturated rings. The normalized spacial score (nSPS) is 22.8. The molecule has 1 aliphatic heterocycles. The second kappa shape index (κ2) is 6.21. The van der Waals surface area contributed by atoms with E-state index < -0.39 is 35.7 Å². The zero-order valence-corrected chi connectivity index (χ0v) is 11.7. The van der Waals surface area contributed by atoms with Crippen molar-refractivity contribution in [3.05, 3.63) is 35.1 Å². The first kappa shape index (κ1) is 16.7. The van der Waals surface area contributed by atoms with Crippen LogP contribution in [0.25, 0.3) is 0 Å². The summed E-state index contributed by atoms with van der Waals surface area (Å²) in [6.45, 7) is 0.0231. The van der Waals surface area contributed by atoms with E-state index in [9.17, 15) is 27.5 Å². The highest BCUT2D eigenvalue weighted by molar-refractivity contribution is 5.76. The summed E-state index contributed by atoms with van der Waals surface area (Å²) in [6.07, 6.45) is -5.29. The van der Waals surface area contributed by atoms with Gasteiger partial charge in [-0.05, 0) is 23.8 Å². The Hall–Kier alpha value is -1.67. The molecule has 0 aromatic heterocycles. The first-order valence-corrected chi connectivity index (χ1v) is 6.57. The highest BCUT2D eigenvalue weighted by atomic mass is 19.4. The maximum atomic E-state index is 13.4. The highest BCUT2D eigenvalue weighted by Crippen LogP contribution is 2.31. The molecule has 4 nitrogen and oxygen atoms in total. The van der Waals surface area contributed by atoms with E-state index in [2.05, 4.69) is 4.74 Å². The van der Waals surface area contributed by atoms with Crippen LogP contribution >= 0.6 is 0 Å². The first-order chi connectivity index (χ1) is 10.2. The summed E-state index contributed by atoms with van der Waals surface area (Å²) in [6, 6.07) is 1.48. The van der Waals surface area contributed by atoms with Crippen LogP contribution in [0.3, 0.4) is 0 Å². The molecular formula is C14H15F4NO3. The first-order valence-electron chi connectivity index (χ1n) is 6.57. The van der Waals surface area contributed by atoms with Crippen molar-refractivity contribution in [3.63, 3.8) is 0 Å². The molecular weight excluding hydrogens is 306 g/mol. The zero-order valence-electron chi connectivity index (χ0n) is 11.7. The molecule has 0 amide bonds. The number of hydrogen-bond donors (Lipinski definition) is 1. The number of benzene rings is 1. The van der Waals surface area contributed by atoms with Crippen LogP contribution in [0.4, 0.5) is 17.6 Å². The number of methoxy groups -OCH3 is 1. The topological polar surface area (TPSA) is 49.8 Å². The standard InChI is InChI=1S/C14H15F4NO3/c1-22-13(21)12-5-11(20)7-19(12)6-8-2-9(14(16,17)18)4-10(15)3-8/h2-4,11-12,20H,5-7H2,1H3/t11-,12+/m1/s1. The number of nitrogens with zero attached hydrogens (tertiary/aromatic N) is 1. The molecule has 0 radical (unpaired) electrons. The highest BCUT2D eigenvalue weighted by Gasteiger charge is 2.37. The number of halogens is 4. The predicted octanol–water partition coefficient (Wildman–Crippen LogP) is 1.95. The summed E-state index contributed by atoms with van der Waals surface area (Å²) in [5, 5.41) is 9.63. The molecule has 1 saturated heterocycles. The third-order valence-electron chi connectivity index (χ3n) is 3.53. The van der Waals surface area contributed by atoms with Crippen molar-refractivity contribution in [1.29, 1.82) is 0 Å². The fourth-order valence-electron chi connectivity index (χ4n) is 2.58. The minimum Gasteiger partial charge on any atom is -0.468 e. The number of esters is 1. The molecule has 0 spiro atoms. The summed E-state index contributed by atoms with van der Waals surface area (Å²) in [5.41, 5.74) is -1.01. The van der Waals surface area contributed by atoms with E-state index in [-0.39, 0.29) is 25.1 Å². The van der Waals surface area contributed by atoms with Crippen molar-refractivity contribution >= 4 is 5.97 Å². The van der Waals surface area contributed by atoms with E-state index >= 15 is 0 Å². The van der Waals surface area contributed by atoms with Gasteiger partial charge in [-0.1, -0.05) is 0 Å². The van der Waals surface area contributed by atoms with Crippen molar-refractivity contribution in [2.45, 2.75) is 31.3 Å². The van der Waals surface area contributed by atoms with Gasteiger partial charge in [0.1, 0.15) is 11.9 Å². The molecule has 1 aromatic rings. The van der Waals surface area contributed by atoms with Crippen LogP contribution in [0.5, 0.6) is 0 Å². The lowest BCUT2D eigenvalue weighted by Crippen LogP contribution is -2.36. The Balaban J connectivity index is 2.22. The summed E-state index contributed by atoms with van der Waals surface area (Å²) in [4.78, 5) is 13.1. The smallest absolute Gasteiger partial charge is 0.416 e. The fraction of sp³-hybridized carbons (Fsp3) is 0.500. The van der Waals surface area contributed by atoms with Gasteiger partial charge in [0.05, 0.1) is 18.8 Å². The number of carbonyl (C=O) groups is 1. The Kier molecular flexibility index (Phi) is 4.72. The maximum Gasteiger partial charge on any atom is 0.416 e. The minimum absolute atomic E-state index is 0.0790. The van der Waals surface area contributed by atoms with Gasteiger partial charge in [0.15, 0.2) is 0 Å². The molecule has 22 heavy (non-hydrogen) atoms. The molecule has 1 heterocycles. The van der Waals surface area contributed by atoms with Crippen molar-refractivity contribution in [2.75, 3.05) is 13.7 Å². The molecule has 0 unspecified atom stereocenters. The Morgan fingerprint density at radius 1 is 1.41 bits per heavy atom. The van der Waals surface area contributed by atoms with E-state index in [1.807, 2.05) is 0 Å². The van der Waals surface area contributed by atoms with Gasteiger partial charge >= 0.3 is 12.1 Å². The number of alkyl halides is 3.